The van der Waals surface area contributed by atoms with Gasteiger partial charge in [0.15, 0.2) is 5.13 Å². The Morgan fingerprint density at radius 3 is 2.88 bits per heavy atom. The average molecular weight is 250 g/mol. The van der Waals surface area contributed by atoms with E-state index in [1.807, 2.05) is 19.9 Å². The summed E-state index contributed by atoms with van der Waals surface area (Å²) in [4.78, 5) is 5.32. The van der Waals surface area contributed by atoms with Crippen molar-refractivity contribution in [2.24, 2.45) is 0 Å². The number of hydrogen-bond donors (Lipinski definition) is 1. The lowest BCUT2D eigenvalue weighted by molar-refractivity contribution is 0.613. The number of hydrogen-bond acceptors (Lipinski definition) is 3. The molecule has 4 heteroatoms. The summed E-state index contributed by atoms with van der Waals surface area (Å²) < 4.78 is 13.7. The van der Waals surface area contributed by atoms with Crippen LogP contribution in [0, 0.1) is 12.7 Å². The molecule has 0 radical (unpaired) electrons. The summed E-state index contributed by atoms with van der Waals surface area (Å²) in [7, 11) is 0. The Balaban J connectivity index is 2.33. The molecule has 17 heavy (non-hydrogen) atoms. The Bertz CT molecular complexity index is 534. The van der Waals surface area contributed by atoms with E-state index in [-0.39, 0.29) is 5.82 Å². The lowest BCUT2D eigenvalue weighted by atomic mass is 10.1. The van der Waals surface area contributed by atoms with Crippen LogP contribution in [0.25, 0.3) is 0 Å². The zero-order chi connectivity index (χ0) is 12.4. The van der Waals surface area contributed by atoms with E-state index in [9.17, 15) is 4.39 Å². The fourth-order valence-corrected chi connectivity index (χ4v) is 2.77. The molecule has 0 saturated heterocycles. The summed E-state index contributed by atoms with van der Waals surface area (Å²) in [5.74, 6) is -0.162. The normalized spacial score (nSPS) is 10.8. The lowest BCUT2D eigenvalue weighted by Gasteiger charge is -2.04. The van der Waals surface area contributed by atoms with Gasteiger partial charge in [0.2, 0.25) is 0 Å². The van der Waals surface area contributed by atoms with Crippen LogP contribution in [-0.4, -0.2) is 4.98 Å². The minimum Gasteiger partial charge on any atom is -0.375 e. The van der Waals surface area contributed by atoms with Crippen LogP contribution in [0.3, 0.4) is 0 Å². The summed E-state index contributed by atoms with van der Waals surface area (Å²) in [5, 5.41) is 0.560. The van der Waals surface area contributed by atoms with E-state index in [2.05, 4.69) is 4.98 Å². The molecule has 0 spiro atoms. The average Bonchev–Trinajstić information content (AvgIpc) is 2.64. The molecule has 1 aromatic carbocycles. The Labute approximate surface area is 104 Å². The van der Waals surface area contributed by atoms with E-state index in [1.165, 1.54) is 17.4 Å². The molecule has 0 bridgehead atoms. The van der Waals surface area contributed by atoms with Crippen molar-refractivity contribution >= 4 is 16.5 Å². The highest BCUT2D eigenvalue weighted by Gasteiger charge is 2.11. The van der Waals surface area contributed by atoms with Gasteiger partial charge in [0.25, 0.3) is 0 Å². The monoisotopic (exact) mass is 250 g/mol. The van der Waals surface area contributed by atoms with Gasteiger partial charge in [-0.15, -0.1) is 11.3 Å². The van der Waals surface area contributed by atoms with Gasteiger partial charge in [-0.25, -0.2) is 9.37 Å². The Kier molecular flexibility index (Phi) is 3.43. The van der Waals surface area contributed by atoms with Crippen LogP contribution >= 0.6 is 11.3 Å². The van der Waals surface area contributed by atoms with E-state index < -0.39 is 0 Å². The molecule has 0 aliphatic carbocycles. The second-order valence-electron chi connectivity index (χ2n) is 4.05. The van der Waals surface area contributed by atoms with E-state index in [4.69, 9.17) is 5.73 Å². The van der Waals surface area contributed by atoms with Gasteiger partial charge >= 0.3 is 0 Å². The molecule has 0 unspecified atom stereocenters. The third kappa shape index (κ3) is 2.64. The molecule has 0 aliphatic heterocycles. The molecule has 0 amide bonds. The predicted octanol–water partition coefficient (Wildman–Crippen LogP) is 3.33. The van der Waals surface area contributed by atoms with E-state index in [0.29, 0.717) is 17.1 Å². The zero-order valence-corrected chi connectivity index (χ0v) is 10.8. The highest BCUT2D eigenvalue weighted by Crippen LogP contribution is 2.25. The van der Waals surface area contributed by atoms with E-state index in [1.54, 1.807) is 6.07 Å². The lowest BCUT2D eigenvalue weighted by Crippen LogP contribution is -1.95. The molecule has 1 heterocycles. The van der Waals surface area contributed by atoms with Crippen LogP contribution in [0.4, 0.5) is 9.52 Å². The van der Waals surface area contributed by atoms with Crippen molar-refractivity contribution in [3.8, 4) is 0 Å². The molecule has 0 aliphatic rings. The van der Waals surface area contributed by atoms with Gasteiger partial charge in [-0.05, 0) is 25.0 Å². The summed E-state index contributed by atoms with van der Waals surface area (Å²) in [6.45, 7) is 4.00. The topological polar surface area (TPSA) is 38.9 Å². The van der Waals surface area contributed by atoms with Gasteiger partial charge in [0.1, 0.15) is 5.82 Å². The Hall–Kier alpha value is -1.42. The van der Waals surface area contributed by atoms with Crippen LogP contribution in [0.15, 0.2) is 18.2 Å². The molecule has 1 aromatic heterocycles. The zero-order valence-electron chi connectivity index (χ0n) is 9.96. The van der Waals surface area contributed by atoms with Gasteiger partial charge < -0.3 is 5.73 Å². The molecule has 2 rings (SSSR count). The van der Waals surface area contributed by atoms with Gasteiger partial charge in [0.05, 0.1) is 5.69 Å². The molecule has 0 saturated carbocycles. The maximum Gasteiger partial charge on any atom is 0.180 e. The highest BCUT2D eigenvalue weighted by molar-refractivity contribution is 7.15. The number of thiazole rings is 1. The first kappa shape index (κ1) is 12.0. The van der Waals surface area contributed by atoms with Crippen LogP contribution in [0.1, 0.15) is 28.6 Å². The molecule has 0 atom stereocenters. The van der Waals surface area contributed by atoms with Crippen molar-refractivity contribution in [1.29, 1.82) is 0 Å². The van der Waals surface area contributed by atoms with E-state index in [0.717, 1.165) is 22.6 Å². The number of aromatic nitrogens is 1. The Morgan fingerprint density at radius 1 is 1.41 bits per heavy atom. The molecular formula is C13H15FN2S. The van der Waals surface area contributed by atoms with Crippen molar-refractivity contribution in [3.63, 3.8) is 0 Å². The SMILES string of the molecule is CCc1nc(N)sc1Cc1cc(C)ccc1F. The molecule has 0 fully saturated rings. The van der Waals surface area contributed by atoms with Crippen LogP contribution < -0.4 is 5.73 Å². The quantitative estimate of drug-likeness (QED) is 0.907. The number of nitrogens with zero attached hydrogens (tertiary/aromatic N) is 1. The fraction of sp³-hybridized carbons (Fsp3) is 0.308. The maximum atomic E-state index is 13.7. The first-order valence-corrected chi connectivity index (χ1v) is 6.41. The summed E-state index contributed by atoms with van der Waals surface area (Å²) >= 11 is 1.45. The minimum absolute atomic E-state index is 0.162. The largest absolute Gasteiger partial charge is 0.375 e. The highest BCUT2D eigenvalue weighted by atomic mass is 32.1. The maximum absolute atomic E-state index is 13.7. The number of nitrogens with two attached hydrogens (primary N) is 1. The van der Waals surface area contributed by atoms with Crippen molar-refractivity contribution < 1.29 is 4.39 Å². The van der Waals surface area contributed by atoms with Gasteiger partial charge in [0, 0.05) is 11.3 Å². The molecule has 90 valence electrons. The van der Waals surface area contributed by atoms with Crippen molar-refractivity contribution in [1.82, 2.24) is 4.98 Å². The third-order valence-corrected chi connectivity index (χ3v) is 3.61. The van der Waals surface area contributed by atoms with Crippen molar-refractivity contribution in [3.05, 3.63) is 45.7 Å². The van der Waals surface area contributed by atoms with Gasteiger partial charge in [-0.2, -0.15) is 0 Å². The van der Waals surface area contributed by atoms with Crippen molar-refractivity contribution in [2.75, 3.05) is 5.73 Å². The summed E-state index contributed by atoms with van der Waals surface area (Å²) in [6, 6.07) is 5.17. The third-order valence-electron chi connectivity index (χ3n) is 2.68. The minimum atomic E-state index is -0.162. The second kappa shape index (κ2) is 4.84. The summed E-state index contributed by atoms with van der Waals surface area (Å²) in [5.41, 5.74) is 8.45. The number of nitrogen functional groups attached to an aromatic ring is 1. The van der Waals surface area contributed by atoms with Gasteiger partial charge in [-0.1, -0.05) is 24.6 Å². The smallest absolute Gasteiger partial charge is 0.180 e. The molecular weight excluding hydrogens is 235 g/mol. The number of aryl methyl sites for hydroxylation is 2. The molecule has 2 nitrogen and oxygen atoms in total. The first-order valence-electron chi connectivity index (χ1n) is 5.59. The van der Waals surface area contributed by atoms with Crippen LogP contribution in [0.2, 0.25) is 0 Å². The molecule has 2 aromatic rings. The Morgan fingerprint density at radius 2 is 2.18 bits per heavy atom. The first-order chi connectivity index (χ1) is 8.10. The summed E-state index contributed by atoms with van der Waals surface area (Å²) in [6.07, 6.45) is 1.40. The standard InChI is InChI=1S/C13H15FN2S/c1-3-11-12(17-13(15)16-11)7-9-6-8(2)4-5-10(9)14/h4-6H,3,7H2,1-2H3,(H2,15,16). The van der Waals surface area contributed by atoms with Crippen LogP contribution in [0.5, 0.6) is 0 Å². The van der Waals surface area contributed by atoms with Crippen LogP contribution in [-0.2, 0) is 12.8 Å². The van der Waals surface area contributed by atoms with Crippen molar-refractivity contribution in [2.45, 2.75) is 26.7 Å². The fourth-order valence-electron chi connectivity index (χ4n) is 1.83. The number of benzene rings is 1. The second-order valence-corrected chi connectivity index (χ2v) is 5.16. The number of anilines is 1. The predicted molar refractivity (Wildman–Crippen MR) is 69.8 cm³/mol. The number of halogens is 1. The van der Waals surface area contributed by atoms with E-state index >= 15 is 0 Å². The molecule has 2 N–H and O–H groups in total. The number of rotatable bonds is 3. The van der Waals surface area contributed by atoms with Gasteiger partial charge in [-0.3, -0.25) is 0 Å².